The Hall–Kier alpha value is -1.25. The highest BCUT2D eigenvalue weighted by Crippen LogP contribution is 2.43. The van der Waals surface area contributed by atoms with Crippen molar-refractivity contribution in [3.05, 3.63) is 41.4 Å². The number of nitrogens with one attached hydrogen (secondary N) is 1. The number of hydrogen-bond donors (Lipinski definition) is 2. The number of benzene rings is 1. The Bertz CT molecular complexity index is 876. The number of nitrogens with two attached hydrogens (primary N) is 1. The van der Waals surface area contributed by atoms with Gasteiger partial charge in [0.05, 0.1) is 6.57 Å². The molecule has 2 fully saturated rings. The molecular weight excluding hydrogens is 451 g/mol. The summed E-state index contributed by atoms with van der Waals surface area (Å²) in [5.41, 5.74) is 9.32. The van der Waals surface area contributed by atoms with Gasteiger partial charge in [-0.2, -0.15) is 0 Å². The summed E-state index contributed by atoms with van der Waals surface area (Å²) >= 11 is 0. The second-order valence-corrected chi connectivity index (χ2v) is 9.78. The molecule has 0 radical (unpaired) electrons. The van der Waals surface area contributed by atoms with Crippen LogP contribution in [-0.4, -0.2) is 24.2 Å². The molecule has 0 aliphatic heterocycles. The van der Waals surface area contributed by atoms with E-state index < -0.39 is 0 Å². The number of rotatable bonds is 9. The number of hydrogen-bond acceptors (Lipinski definition) is 2. The third kappa shape index (κ3) is 6.89. The van der Waals surface area contributed by atoms with Crippen LogP contribution in [0, 0.1) is 12.5 Å². The Morgan fingerprint density at radius 1 is 1.00 bits per heavy atom. The third-order valence-electron chi connectivity index (χ3n) is 7.75. The van der Waals surface area contributed by atoms with Crippen molar-refractivity contribution in [3.63, 3.8) is 0 Å². The van der Waals surface area contributed by atoms with E-state index >= 15 is 0 Å². The minimum atomic E-state index is 0. The summed E-state index contributed by atoms with van der Waals surface area (Å²) < 4.78 is 2.59. The van der Waals surface area contributed by atoms with Crippen molar-refractivity contribution in [3.8, 4) is 0 Å². The van der Waals surface area contributed by atoms with Crippen LogP contribution < -0.4 is 11.1 Å². The van der Waals surface area contributed by atoms with Crippen molar-refractivity contribution in [1.29, 1.82) is 0 Å². The van der Waals surface area contributed by atoms with Gasteiger partial charge >= 0.3 is 0 Å². The quantitative estimate of drug-likeness (QED) is 0.280. The van der Waals surface area contributed by atoms with Gasteiger partial charge in [0.15, 0.2) is 5.69 Å². The molecule has 2 aliphatic carbocycles. The molecule has 1 unspecified atom stereocenters. The van der Waals surface area contributed by atoms with Gasteiger partial charge in [0.1, 0.15) is 0 Å². The lowest BCUT2D eigenvalue weighted by molar-refractivity contribution is 0.292. The smallest absolute Gasteiger partial charge is 0.187 e. The molecule has 0 amide bonds. The van der Waals surface area contributed by atoms with E-state index in [1.807, 2.05) is 6.07 Å². The van der Waals surface area contributed by atoms with Gasteiger partial charge in [-0.15, -0.1) is 24.8 Å². The molecule has 2 saturated carbocycles. The maximum Gasteiger partial charge on any atom is 0.187 e. The first-order valence-corrected chi connectivity index (χ1v) is 12.7. The molecule has 0 bridgehead atoms. The van der Waals surface area contributed by atoms with E-state index in [9.17, 15) is 0 Å². The average Bonchev–Trinajstić information content (AvgIpc) is 3.21. The predicted octanol–water partition coefficient (Wildman–Crippen LogP) is 7.53. The molecule has 33 heavy (non-hydrogen) atoms. The third-order valence-corrected chi connectivity index (χ3v) is 7.75. The Morgan fingerprint density at radius 3 is 2.36 bits per heavy atom. The lowest BCUT2D eigenvalue weighted by Crippen LogP contribution is -2.24. The second kappa shape index (κ2) is 14.2. The van der Waals surface area contributed by atoms with Crippen LogP contribution in [0.4, 0.5) is 5.69 Å². The van der Waals surface area contributed by atoms with Crippen LogP contribution in [0.5, 0.6) is 0 Å². The van der Waals surface area contributed by atoms with Crippen molar-refractivity contribution < 1.29 is 0 Å². The highest BCUT2D eigenvalue weighted by Gasteiger charge is 2.29. The molecule has 0 saturated heterocycles. The van der Waals surface area contributed by atoms with E-state index in [4.69, 9.17) is 12.3 Å². The van der Waals surface area contributed by atoms with Gasteiger partial charge in [-0.25, -0.2) is 4.85 Å². The molecule has 2 aliphatic rings. The van der Waals surface area contributed by atoms with Crippen LogP contribution in [-0.2, 0) is 0 Å². The molecule has 0 spiro atoms. The Balaban J connectivity index is 0.00000193. The molecule has 2 aromatic rings. The van der Waals surface area contributed by atoms with E-state index in [0.29, 0.717) is 12.0 Å². The summed E-state index contributed by atoms with van der Waals surface area (Å²) in [4.78, 5) is 3.77. The Labute approximate surface area is 212 Å². The molecule has 1 aromatic heterocycles. The molecular formula is C27H42Cl2N4. The zero-order valence-corrected chi connectivity index (χ0v) is 21.6. The fourth-order valence-corrected chi connectivity index (χ4v) is 6.09. The SMILES string of the molecule is Cl.Cl.[C-]#[N+]c1ccc2c(c1)c(C(CCNCCCN)C1CCCCC1)cn2C1CCCCC1. The van der Waals surface area contributed by atoms with Crippen molar-refractivity contribution in [2.45, 2.75) is 89.0 Å². The molecule has 4 nitrogen and oxygen atoms in total. The van der Waals surface area contributed by atoms with Crippen molar-refractivity contribution >= 4 is 41.4 Å². The Kier molecular flexibility index (Phi) is 12.1. The molecule has 4 rings (SSSR count). The first-order valence-electron chi connectivity index (χ1n) is 12.7. The van der Waals surface area contributed by atoms with Crippen LogP contribution in [0.25, 0.3) is 15.7 Å². The van der Waals surface area contributed by atoms with E-state index in [1.165, 1.54) is 87.1 Å². The first-order chi connectivity index (χ1) is 15.3. The van der Waals surface area contributed by atoms with Crippen LogP contribution in [0.1, 0.15) is 94.6 Å². The fraction of sp³-hybridized carbons (Fsp3) is 0.667. The number of halogens is 2. The van der Waals surface area contributed by atoms with E-state index in [2.05, 4.69) is 33.1 Å². The summed E-state index contributed by atoms with van der Waals surface area (Å²) in [6, 6.07) is 7.04. The summed E-state index contributed by atoms with van der Waals surface area (Å²) in [7, 11) is 0. The lowest BCUT2D eigenvalue weighted by atomic mass is 9.75. The van der Waals surface area contributed by atoms with Crippen molar-refractivity contribution in [2.24, 2.45) is 11.7 Å². The molecule has 6 heteroatoms. The minimum absolute atomic E-state index is 0. The van der Waals surface area contributed by atoms with Gasteiger partial charge in [0.2, 0.25) is 0 Å². The van der Waals surface area contributed by atoms with Gasteiger partial charge in [0.25, 0.3) is 0 Å². The molecule has 1 heterocycles. The summed E-state index contributed by atoms with van der Waals surface area (Å²) in [5, 5.41) is 4.98. The van der Waals surface area contributed by atoms with Crippen LogP contribution >= 0.6 is 24.8 Å². The monoisotopic (exact) mass is 492 g/mol. The maximum absolute atomic E-state index is 7.57. The molecule has 1 atom stereocenters. The summed E-state index contributed by atoms with van der Waals surface area (Å²) in [6.45, 7) is 10.4. The van der Waals surface area contributed by atoms with Gasteiger partial charge in [-0.3, -0.25) is 0 Å². The van der Waals surface area contributed by atoms with E-state index in [-0.39, 0.29) is 24.8 Å². The minimum Gasteiger partial charge on any atom is -0.344 e. The van der Waals surface area contributed by atoms with Gasteiger partial charge in [0, 0.05) is 17.8 Å². The maximum atomic E-state index is 7.57. The van der Waals surface area contributed by atoms with Crippen molar-refractivity contribution in [2.75, 3.05) is 19.6 Å². The second-order valence-electron chi connectivity index (χ2n) is 9.78. The standard InChI is InChI=1S/C27H40N4.2ClH/c1-29-22-13-14-27-25(19-22)26(20-31(27)23-11-6-3-7-12-23)24(15-18-30-17-8-16-28)21-9-4-2-5-10-21;;/h13-14,19-21,23-24,30H,2-12,15-18,28H2;2*1H. The first kappa shape index (κ1) is 28.0. The number of fused-ring (bicyclic) bond motifs is 1. The van der Waals surface area contributed by atoms with Gasteiger partial charge < -0.3 is 15.6 Å². The molecule has 1 aromatic carbocycles. The molecule has 3 N–H and O–H groups in total. The van der Waals surface area contributed by atoms with Crippen LogP contribution in [0.15, 0.2) is 24.4 Å². The normalized spacial score (nSPS) is 18.3. The average molecular weight is 494 g/mol. The summed E-state index contributed by atoms with van der Waals surface area (Å²) in [5.74, 6) is 1.35. The molecule has 184 valence electrons. The number of aromatic nitrogens is 1. The van der Waals surface area contributed by atoms with Crippen molar-refractivity contribution in [1.82, 2.24) is 9.88 Å². The van der Waals surface area contributed by atoms with Gasteiger partial charge in [-0.05, 0) is 93.1 Å². The zero-order valence-electron chi connectivity index (χ0n) is 19.9. The van der Waals surface area contributed by atoms with Crippen LogP contribution in [0.3, 0.4) is 0 Å². The Morgan fingerprint density at radius 2 is 1.70 bits per heavy atom. The highest BCUT2D eigenvalue weighted by atomic mass is 35.5. The van der Waals surface area contributed by atoms with E-state index in [0.717, 1.165) is 37.7 Å². The zero-order chi connectivity index (χ0) is 21.5. The topological polar surface area (TPSA) is 47.3 Å². The van der Waals surface area contributed by atoms with Gasteiger partial charge in [-0.1, -0.05) is 44.6 Å². The van der Waals surface area contributed by atoms with E-state index in [1.54, 1.807) is 0 Å². The fourth-order valence-electron chi connectivity index (χ4n) is 6.09. The lowest BCUT2D eigenvalue weighted by Gasteiger charge is -2.31. The predicted molar refractivity (Wildman–Crippen MR) is 145 cm³/mol. The summed E-state index contributed by atoms with van der Waals surface area (Å²) in [6.07, 6.45) is 18.2. The largest absolute Gasteiger partial charge is 0.344 e. The van der Waals surface area contributed by atoms with Crippen LogP contribution in [0.2, 0.25) is 0 Å². The highest BCUT2D eigenvalue weighted by molar-refractivity contribution is 5.88. The number of nitrogens with zero attached hydrogens (tertiary/aromatic N) is 2.